The fraction of sp³-hybridized carbons (Fsp3) is 0.278. The Hall–Kier alpha value is -2.78. The molecule has 3 rings (SSSR count). The molecule has 0 spiro atoms. The van der Waals surface area contributed by atoms with Crippen LogP contribution >= 0.6 is 0 Å². The van der Waals surface area contributed by atoms with Gasteiger partial charge in [0.1, 0.15) is 5.69 Å². The summed E-state index contributed by atoms with van der Waals surface area (Å²) < 4.78 is 26.7. The lowest BCUT2D eigenvalue weighted by Gasteiger charge is -2.25. The summed E-state index contributed by atoms with van der Waals surface area (Å²) in [5.74, 6) is -0.550. The second-order valence-electron chi connectivity index (χ2n) is 6.22. The molecule has 9 heteroatoms. The minimum atomic E-state index is -3.57. The summed E-state index contributed by atoms with van der Waals surface area (Å²) in [6.45, 7) is 1.00. The standard InChI is InChI=1S/C18H19N3O5S/c22-18(19-16-6-2-3-7-17(16)21(23)24)14-8-10-15(11-9-14)27(25,26)20-12-4-1-5-13-20/h2-3,6-11H,1,4-5,12-13H2,(H,19,22). The number of para-hydroxylation sites is 2. The van der Waals surface area contributed by atoms with Crippen LogP contribution in [-0.4, -0.2) is 36.6 Å². The SMILES string of the molecule is O=C(Nc1ccccc1[N+](=O)[O-])c1ccc(S(=O)(=O)N2CCCCC2)cc1. The number of nitrogens with zero attached hydrogens (tertiary/aromatic N) is 2. The first-order valence-corrected chi connectivity index (χ1v) is 9.98. The van der Waals surface area contributed by atoms with Crippen molar-refractivity contribution in [2.24, 2.45) is 0 Å². The van der Waals surface area contributed by atoms with E-state index in [2.05, 4.69) is 5.32 Å². The van der Waals surface area contributed by atoms with E-state index in [-0.39, 0.29) is 21.8 Å². The Kier molecular flexibility index (Phi) is 5.52. The van der Waals surface area contributed by atoms with Gasteiger partial charge in [0.15, 0.2) is 0 Å². The number of hydrogen-bond donors (Lipinski definition) is 1. The van der Waals surface area contributed by atoms with Gasteiger partial charge in [0, 0.05) is 24.7 Å². The van der Waals surface area contributed by atoms with E-state index in [0.29, 0.717) is 13.1 Å². The first-order chi connectivity index (χ1) is 12.9. The van der Waals surface area contributed by atoms with Gasteiger partial charge in [-0.25, -0.2) is 8.42 Å². The highest BCUT2D eigenvalue weighted by Crippen LogP contribution is 2.24. The average molecular weight is 389 g/mol. The lowest BCUT2D eigenvalue weighted by Crippen LogP contribution is -2.35. The molecule has 2 aromatic rings. The fourth-order valence-electron chi connectivity index (χ4n) is 2.97. The van der Waals surface area contributed by atoms with Gasteiger partial charge < -0.3 is 5.32 Å². The van der Waals surface area contributed by atoms with Gasteiger partial charge in [0.05, 0.1) is 9.82 Å². The number of hydrogen-bond acceptors (Lipinski definition) is 5. The first-order valence-electron chi connectivity index (χ1n) is 8.54. The van der Waals surface area contributed by atoms with Crippen molar-refractivity contribution in [1.82, 2.24) is 4.31 Å². The third-order valence-corrected chi connectivity index (χ3v) is 6.33. The second kappa shape index (κ2) is 7.85. The van der Waals surface area contributed by atoms with Crippen LogP contribution in [0.2, 0.25) is 0 Å². The molecule has 1 heterocycles. The lowest BCUT2D eigenvalue weighted by molar-refractivity contribution is -0.383. The maximum Gasteiger partial charge on any atom is 0.292 e. The summed E-state index contributed by atoms with van der Waals surface area (Å²) in [6, 6.07) is 11.4. The van der Waals surface area contributed by atoms with Crippen molar-refractivity contribution in [3.63, 3.8) is 0 Å². The Balaban J connectivity index is 1.77. The van der Waals surface area contributed by atoms with E-state index in [4.69, 9.17) is 0 Å². The summed E-state index contributed by atoms with van der Waals surface area (Å²) in [4.78, 5) is 22.9. The molecule has 0 aromatic heterocycles. The van der Waals surface area contributed by atoms with Gasteiger partial charge >= 0.3 is 0 Å². The van der Waals surface area contributed by atoms with E-state index in [1.807, 2.05) is 0 Å². The van der Waals surface area contributed by atoms with Crippen LogP contribution in [0.3, 0.4) is 0 Å². The number of nitro groups is 1. The molecule has 2 aromatic carbocycles. The Morgan fingerprint density at radius 1 is 1.00 bits per heavy atom. The van der Waals surface area contributed by atoms with Gasteiger partial charge in [-0.15, -0.1) is 0 Å². The van der Waals surface area contributed by atoms with Gasteiger partial charge in [-0.1, -0.05) is 18.6 Å². The van der Waals surface area contributed by atoms with Crippen LogP contribution in [0.4, 0.5) is 11.4 Å². The van der Waals surface area contributed by atoms with E-state index in [1.165, 1.54) is 46.8 Å². The molecule has 8 nitrogen and oxygen atoms in total. The molecule has 1 aliphatic heterocycles. The highest BCUT2D eigenvalue weighted by molar-refractivity contribution is 7.89. The number of benzene rings is 2. The van der Waals surface area contributed by atoms with Crippen LogP contribution in [-0.2, 0) is 10.0 Å². The maximum atomic E-state index is 12.6. The minimum absolute atomic E-state index is 0.0810. The number of nitro benzene ring substituents is 1. The third-order valence-electron chi connectivity index (χ3n) is 4.42. The predicted octanol–water partition coefficient (Wildman–Crippen LogP) is 3.02. The normalized spacial score (nSPS) is 15.3. The van der Waals surface area contributed by atoms with E-state index in [0.717, 1.165) is 19.3 Å². The zero-order valence-electron chi connectivity index (χ0n) is 14.5. The number of amides is 1. The molecule has 1 aliphatic rings. The maximum absolute atomic E-state index is 12.6. The van der Waals surface area contributed by atoms with Crippen molar-refractivity contribution < 1.29 is 18.1 Å². The van der Waals surface area contributed by atoms with Gasteiger partial charge in [-0.3, -0.25) is 14.9 Å². The number of anilines is 1. The Labute approximate surface area is 157 Å². The fourth-order valence-corrected chi connectivity index (χ4v) is 4.48. The van der Waals surface area contributed by atoms with E-state index in [1.54, 1.807) is 6.07 Å². The first kappa shape index (κ1) is 19.0. The van der Waals surface area contributed by atoms with Crippen LogP contribution in [0.1, 0.15) is 29.6 Å². The quantitative estimate of drug-likeness (QED) is 0.624. The highest BCUT2D eigenvalue weighted by atomic mass is 32.2. The van der Waals surface area contributed by atoms with Gasteiger partial charge in [0.2, 0.25) is 10.0 Å². The predicted molar refractivity (Wildman–Crippen MR) is 100 cm³/mol. The van der Waals surface area contributed by atoms with Gasteiger partial charge in [0.25, 0.3) is 11.6 Å². The highest BCUT2D eigenvalue weighted by Gasteiger charge is 2.26. The number of carbonyl (C=O) groups is 1. The molecule has 0 aliphatic carbocycles. The van der Waals surface area contributed by atoms with E-state index in [9.17, 15) is 23.3 Å². The van der Waals surface area contributed by atoms with E-state index < -0.39 is 20.9 Å². The van der Waals surface area contributed by atoms with Crippen LogP contribution in [0, 0.1) is 10.1 Å². The number of carbonyl (C=O) groups excluding carboxylic acids is 1. The molecule has 0 radical (unpaired) electrons. The van der Waals surface area contributed by atoms with Crippen LogP contribution in [0.15, 0.2) is 53.4 Å². The van der Waals surface area contributed by atoms with Gasteiger partial charge in [-0.05, 0) is 43.2 Å². The molecule has 0 unspecified atom stereocenters. The minimum Gasteiger partial charge on any atom is -0.316 e. The second-order valence-corrected chi connectivity index (χ2v) is 8.16. The molecule has 0 bridgehead atoms. The monoisotopic (exact) mass is 389 g/mol. The number of piperidine rings is 1. The average Bonchev–Trinajstić information content (AvgIpc) is 2.69. The Morgan fingerprint density at radius 3 is 2.26 bits per heavy atom. The van der Waals surface area contributed by atoms with Crippen molar-refractivity contribution in [2.45, 2.75) is 24.2 Å². The third kappa shape index (κ3) is 4.15. The molecule has 0 saturated carbocycles. The smallest absolute Gasteiger partial charge is 0.292 e. The van der Waals surface area contributed by atoms with Crippen LogP contribution in [0.5, 0.6) is 0 Å². The molecule has 1 fully saturated rings. The van der Waals surface area contributed by atoms with Crippen molar-refractivity contribution in [3.8, 4) is 0 Å². The molecule has 1 N–H and O–H groups in total. The molecule has 1 amide bonds. The molecule has 142 valence electrons. The summed E-state index contributed by atoms with van der Waals surface area (Å²) in [5.41, 5.74) is 0.0819. The Morgan fingerprint density at radius 2 is 1.63 bits per heavy atom. The molecule has 0 atom stereocenters. The van der Waals surface area contributed by atoms with E-state index >= 15 is 0 Å². The number of rotatable bonds is 5. The zero-order valence-corrected chi connectivity index (χ0v) is 15.3. The van der Waals surface area contributed by atoms with Crippen molar-refractivity contribution in [2.75, 3.05) is 18.4 Å². The van der Waals surface area contributed by atoms with Crippen LogP contribution < -0.4 is 5.32 Å². The van der Waals surface area contributed by atoms with Crippen molar-refractivity contribution in [1.29, 1.82) is 0 Å². The topological polar surface area (TPSA) is 110 Å². The lowest BCUT2D eigenvalue weighted by atomic mass is 10.2. The summed E-state index contributed by atoms with van der Waals surface area (Å²) in [6.07, 6.45) is 2.71. The summed E-state index contributed by atoms with van der Waals surface area (Å²) >= 11 is 0. The van der Waals surface area contributed by atoms with Crippen LogP contribution in [0.25, 0.3) is 0 Å². The molecule has 1 saturated heterocycles. The zero-order chi connectivity index (χ0) is 19.4. The van der Waals surface area contributed by atoms with Gasteiger partial charge in [-0.2, -0.15) is 4.31 Å². The largest absolute Gasteiger partial charge is 0.316 e. The summed E-state index contributed by atoms with van der Waals surface area (Å²) in [7, 11) is -3.57. The number of nitrogens with one attached hydrogen (secondary N) is 1. The molecular formula is C18H19N3O5S. The Bertz CT molecular complexity index is 951. The van der Waals surface area contributed by atoms with Crippen molar-refractivity contribution in [3.05, 3.63) is 64.2 Å². The molecule has 27 heavy (non-hydrogen) atoms. The summed E-state index contributed by atoms with van der Waals surface area (Å²) in [5, 5.41) is 13.5. The molecular weight excluding hydrogens is 370 g/mol. The van der Waals surface area contributed by atoms with Crippen molar-refractivity contribution >= 4 is 27.3 Å². The number of sulfonamides is 1.